The molecule has 0 radical (unpaired) electrons. The summed E-state index contributed by atoms with van der Waals surface area (Å²) in [5, 5.41) is 0.755. The van der Waals surface area contributed by atoms with Crippen LogP contribution in [-0.2, 0) is 32.7 Å². The van der Waals surface area contributed by atoms with Gasteiger partial charge in [-0.25, -0.2) is 0 Å². The number of carbonyl (C=O) groups is 1. The third kappa shape index (κ3) is 2.41. The molecule has 0 unspecified atom stereocenters. The molecule has 0 fully saturated rings. The molecule has 1 heterocycles. The van der Waals surface area contributed by atoms with Gasteiger partial charge in [-0.1, -0.05) is 5.39 Å². The average Bonchev–Trinajstić information content (AvgIpc) is 2.16. The van der Waals surface area contributed by atoms with Crippen LogP contribution < -0.4 is 5.73 Å². The van der Waals surface area contributed by atoms with Crippen LogP contribution in [0.1, 0.15) is 16.1 Å². The summed E-state index contributed by atoms with van der Waals surface area (Å²) in [6.07, 6.45) is 0. The van der Waals surface area contributed by atoms with Crippen LogP contribution in [0.3, 0.4) is 0 Å². The Labute approximate surface area is 113 Å². The molecule has 0 atom stereocenters. The minimum absolute atomic E-state index is 0. The van der Waals surface area contributed by atoms with E-state index >= 15 is 0 Å². The average molecular weight is 274 g/mol. The Hall–Kier alpha value is -0.796. The minimum atomic E-state index is -0.430. The van der Waals surface area contributed by atoms with Crippen molar-refractivity contribution in [3.8, 4) is 0 Å². The number of aromatic nitrogens is 1. The summed E-state index contributed by atoms with van der Waals surface area (Å²) in [5.74, 6) is -0.430. The molecule has 70 valence electrons. The molecule has 0 saturated carbocycles. The minimum Gasteiger partial charge on any atom is -0.366 e. The van der Waals surface area contributed by atoms with Gasteiger partial charge in [-0.3, -0.25) is 9.78 Å². The van der Waals surface area contributed by atoms with Crippen molar-refractivity contribution in [2.75, 3.05) is 0 Å². The Morgan fingerprint density at radius 3 is 2.93 bits per heavy atom. The molecule has 3 nitrogen and oxygen atoms in total. The fourth-order valence-electron chi connectivity index (χ4n) is 1.45. The quantitative estimate of drug-likeness (QED) is 0.800. The maximum Gasteiger partial charge on any atom is 3.00 e. The molecule has 2 rings (SSSR count). The number of hydrogen-bond acceptors (Lipinski definition) is 2. The molecule has 2 N–H and O–H groups in total. The van der Waals surface area contributed by atoms with Gasteiger partial charge in [-0.05, 0) is 24.1 Å². The standard InChI is InChI=1S/C11H9N2O.Y/c1-7-6-9(11(12)14)8-4-2-3-5-10(8)13-7;/h3-6H,1H3,(H2,12,14);/q-1;+3. The molecule has 1 aromatic carbocycles. The predicted octanol–water partition coefficient (Wildman–Crippen LogP) is 1.44. The van der Waals surface area contributed by atoms with Crippen LogP contribution in [0.25, 0.3) is 10.9 Å². The zero-order valence-corrected chi connectivity index (χ0v) is 11.2. The van der Waals surface area contributed by atoms with Crippen molar-refractivity contribution >= 4 is 16.8 Å². The number of benzene rings is 1. The summed E-state index contributed by atoms with van der Waals surface area (Å²) in [6.45, 7) is 1.84. The summed E-state index contributed by atoms with van der Waals surface area (Å²) in [5.41, 5.74) is 7.34. The summed E-state index contributed by atoms with van der Waals surface area (Å²) in [4.78, 5) is 15.4. The molecule has 2 aromatic rings. The molecule has 0 aliphatic rings. The Balaban J connectivity index is 0.00000112. The van der Waals surface area contributed by atoms with Gasteiger partial charge in [0.25, 0.3) is 0 Å². The first-order valence-electron chi connectivity index (χ1n) is 4.26. The molecule has 4 heteroatoms. The van der Waals surface area contributed by atoms with Gasteiger partial charge >= 0.3 is 32.7 Å². The van der Waals surface area contributed by atoms with Crippen molar-refractivity contribution in [2.45, 2.75) is 6.92 Å². The van der Waals surface area contributed by atoms with Gasteiger partial charge in [0, 0.05) is 5.69 Å². The third-order valence-electron chi connectivity index (χ3n) is 2.05. The van der Waals surface area contributed by atoms with Gasteiger partial charge in [0.2, 0.25) is 5.91 Å². The van der Waals surface area contributed by atoms with Crippen LogP contribution in [0.2, 0.25) is 0 Å². The largest absolute Gasteiger partial charge is 3.00 e. The first-order valence-corrected chi connectivity index (χ1v) is 4.26. The van der Waals surface area contributed by atoms with E-state index in [-0.39, 0.29) is 32.7 Å². The Morgan fingerprint density at radius 2 is 2.27 bits per heavy atom. The van der Waals surface area contributed by atoms with Crippen molar-refractivity contribution in [1.82, 2.24) is 4.98 Å². The van der Waals surface area contributed by atoms with Crippen LogP contribution >= 0.6 is 0 Å². The molecule has 15 heavy (non-hydrogen) atoms. The molecule has 1 amide bonds. The van der Waals surface area contributed by atoms with Gasteiger partial charge in [-0.15, -0.1) is 6.07 Å². The van der Waals surface area contributed by atoms with Gasteiger partial charge in [0.1, 0.15) is 0 Å². The molecular formula is C11H9N2OY+2. The molecule has 0 bridgehead atoms. The maximum absolute atomic E-state index is 11.1. The van der Waals surface area contributed by atoms with Crippen molar-refractivity contribution in [3.05, 3.63) is 41.6 Å². The predicted molar refractivity (Wildman–Crippen MR) is 53.8 cm³/mol. The molecular weight excluding hydrogens is 265 g/mol. The number of pyridine rings is 1. The number of carbonyl (C=O) groups excluding carboxylic acids is 1. The summed E-state index contributed by atoms with van der Waals surface area (Å²) in [7, 11) is 0. The summed E-state index contributed by atoms with van der Waals surface area (Å²) in [6, 6.07) is 9.90. The van der Waals surface area contributed by atoms with Crippen LogP contribution in [0.4, 0.5) is 0 Å². The van der Waals surface area contributed by atoms with Crippen molar-refractivity contribution in [3.63, 3.8) is 0 Å². The number of aryl methyl sites for hydroxylation is 1. The zero-order chi connectivity index (χ0) is 10.1. The van der Waals surface area contributed by atoms with Crippen LogP contribution in [0.5, 0.6) is 0 Å². The number of primary amides is 1. The Morgan fingerprint density at radius 1 is 1.53 bits per heavy atom. The van der Waals surface area contributed by atoms with E-state index in [4.69, 9.17) is 5.73 Å². The van der Waals surface area contributed by atoms with Crippen molar-refractivity contribution in [1.29, 1.82) is 0 Å². The zero-order valence-electron chi connectivity index (χ0n) is 8.32. The van der Waals surface area contributed by atoms with Crippen LogP contribution in [0.15, 0.2) is 24.3 Å². The first-order chi connectivity index (χ1) is 6.68. The summed E-state index contributed by atoms with van der Waals surface area (Å²) >= 11 is 0. The van der Waals surface area contributed by atoms with E-state index in [0.717, 1.165) is 16.6 Å². The summed E-state index contributed by atoms with van der Waals surface area (Å²) < 4.78 is 0. The molecule has 0 aliphatic carbocycles. The van der Waals surface area contributed by atoms with Crippen LogP contribution in [0, 0.1) is 13.0 Å². The van der Waals surface area contributed by atoms with Gasteiger partial charge < -0.3 is 5.73 Å². The normalized spacial score (nSPS) is 9.67. The smallest absolute Gasteiger partial charge is 0.366 e. The number of fused-ring (bicyclic) bond motifs is 1. The monoisotopic (exact) mass is 274 g/mol. The van der Waals surface area contributed by atoms with E-state index in [2.05, 4.69) is 11.1 Å². The second kappa shape index (κ2) is 4.82. The Bertz CT molecular complexity index is 511. The third-order valence-corrected chi connectivity index (χ3v) is 2.05. The fraction of sp³-hybridized carbons (Fsp3) is 0.0909. The number of hydrogen-bond donors (Lipinski definition) is 1. The molecule has 0 saturated heterocycles. The molecule has 1 aromatic heterocycles. The fourth-order valence-corrected chi connectivity index (χ4v) is 1.45. The van der Waals surface area contributed by atoms with Gasteiger partial charge in [0.15, 0.2) is 0 Å². The van der Waals surface area contributed by atoms with E-state index in [9.17, 15) is 4.79 Å². The van der Waals surface area contributed by atoms with Gasteiger partial charge in [0.05, 0.1) is 0 Å². The maximum atomic E-state index is 11.1. The second-order valence-corrected chi connectivity index (χ2v) is 3.12. The molecule has 0 spiro atoms. The van der Waals surface area contributed by atoms with E-state index < -0.39 is 5.91 Å². The Kier molecular flexibility index (Phi) is 3.94. The first kappa shape index (κ1) is 12.3. The number of rotatable bonds is 1. The van der Waals surface area contributed by atoms with E-state index in [1.165, 1.54) is 0 Å². The van der Waals surface area contributed by atoms with E-state index in [1.807, 2.05) is 13.0 Å². The second-order valence-electron chi connectivity index (χ2n) is 3.12. The molecule has 0 aliphatic heterocycles. The van der Waals surface area contributed by atoms with Crippen molar-refractivity contribution < 1.29 is 37.5 Å². The SMILES string of the molecule is Cc1cc(C(N)=O)c2c[c-]ccc2n1.[Y+3]. The topological polar surface area (TPSA) is 56.0 Å². The number of amides is 1. The number of nitrogens with zero attached hydrogens (tertiary/aromatic N) is 1. The van der Waals surface area contributed by atoms with Gasteiger partial charge in [-0.2, -0.15) is 18.2 Å². The number of nitrogens with two attached hydrogens (primary N) is 1. The van der Waals surface area contributed by atoms with Crippen molar-refractivity contribution in [2.24, 2.45) is 5.73 Å². The van der Waals surface area contributed by atoms with E-state index in [0.29, 0.717) is 5.56 Å². The van der Waals surface area contributed by atoms with Crippen LogP contribution in [-0.4, -0.2) is 10.9 Å². The van der Waals surface area contributed by atoms with E-state index in [1.54, 1.807) is 18.2 Å².